The Morgan fingerprint density at radius 1 is 1.08 bits per heavy atom. The predicted octanol–water partition coefficient (Wildman–Crippen LogP) is 3.09. The topological polar surface area (TPSA) is 61.4 Å². The van der Waals surface area contributed by atoms with Gasteiger partial charge in [0, 0.05) is 19.6 Å². The van der Waals surface area contributed by atoms with Crippen LogP contribution in [0.4, 0.5) is 4.79 Å². The lowest BCUT2D eigenvalue weighted by atomic mass is 9.90. The molecule has 2 rings (SSSR count). The maximum atomic E-state index is 12.3. The third kappa shape index (κ3) is 6.77. The molecule has 1 aliphatic rings. The molecule has 0 aromatic heterocycles. The van der Waals surface area contributed by atoms with Gasteiger partial charge in [0.25, 0.3) is 0 Å². The van der Waals surface area contributed by atoms with Gasteiger partial charge in [-0.2, -0.15) is 0 Å². The summed E-state index contributed by atoms with van der Waals surface area (Å²) < 4.78 is 0. The molecule has 0 fully saturated rings. The van der Waals surface area contributed by atoms with Gasteiger partial charge < -0.3 is 15.5 Å². The van der Waals surface area contributed by atoms with Gasteiger partial charge in [-0.1, -0.05) is 51.5 Å². The predicted molar refractivity (Wildman–Crippen MR) is 100 cm³/mol. The van der Waals surface area contributed by atoms with Crippen molar-refractivity contribution in [3.8, 4) is 0 Å². The highest BCUT2D eigenvalue weighted by molar-refractivity contribution is 5.84. The normalized spacial score (nSPS) is 14.0. The van der Waals surface area contributed by atoms with Crippen molar-refractivity contribution in [2.45, 2.75) is 53.0 Å². The number of nitrogens with one attached hydrogen (secondary N) is 2. The molecule has 0 saturated carbocycles. The van der Waals surface area contributed by atoms with E-state index >= 15 is 0 Å². The van der Waals surface area contributed by atoms with E-state index in [1.807, 2.05) is 17.0 Å². The van der Waals surface area contributed by atoms with Crippen LogP contribution in [0.3, 0.4) is 0 Å². The molecule has 0 bridgehead atoms. The summed E-state index contributed by atoms with van der Waals surface area (Å²) in [5.41, 5.74) is 2.85. The molecule has 0 atom stereocenters. The lowest BCUT2D eigenvalue weighted by molar-refractivity contribution is -0.130. The molecule has 1 aliphatic heterocycles. The first-order chi connectivity index (χ1) is 11.8. The Bertz CT molecular complexity index is 593. The van der Waals surface area contributed by atoms with Gasteiger partial charge in [0.05, 0.1) is 6.54 Å². The number of nitrogens with zero attached hydrogens (tertiary/aromatic N) is 1. The number of rotatable bonds is 6. The maximum Gasteiger partial charge on any atom is 0.315 e. The van der Waals surface area contributed by atoms with Crippen LogP contribution in [0.1, 0.15) is 51.2 Å². The molecule has 0 radical (unpaired) electrons. The number of benzene rings is 1. The van der Waals surface area contributed by atoms with Gasteiger partial charge in [-0.15, -0.1) is 0 Å². The minimum atomic E-state index is -0.262. The molecule has 5 nitrogen and oxygen atoms in total. The molecular weight excluding hydrogens is 314 g/mol. The maximum absolute atomic E-state index is 12.3. The van der Waals surface area contributed by atoms with Crippen molar-refractivity contribution < 1.29 is 9.59 Å². The fourth-order valence-electron chi connectivity index (χ4n) is 3.02. The lowest BCUT2D eigenvalue weighted by Crippen LogP contribution is -2.45. The number of urea groups is 1. The number of carbonyl (C=O) groups is 2. The van der Waals surface area contributed by atoms with Crippen molar-refractivity contribution in [2.24, 2.45) is 5.41 Å². The van der Waals surface area contributed by atoms with E-state index in [9.17, 15) is 9.59 Å². The first kappa shape index (κ1) is 19.3. The zero-order valence-corrected chi connectivity index (χ0v) is 15.7. The second-order valence-corrected chi connectivity index (χ2v) is 7.96. The Balaban J connectivity index is 1.63. The Morgan fingerprint density at radius 3 is 2.52 bits per heavy atom. The van der Waals surface area contributed by atoms with Gasteiger partial charge in [0.15, 0.2) is 0 Å². The summed E-state index contributed by atoms with van der Waals surface area (Å²) >= 11 is 0. The van der Waals surface area contributed by atoms with Crippen molar-refractivity contribution in [2.75, 3.05) is 19.6 Å². The van der Waals surface area contributed by atoms with Gasteiger partial charge in [0.1, 0.15) is 0 Å². The molecule has 1 aromatic carbocycles. The Morgan fingerprint density at radius 2 is 1.80 bits per heavy atom. The van der Waals surface area contributed by atoms with E-state index in [1.165, 1.54) is 11.1 Å². The highest BCUT2D eigenvalue weighted by atomic mass is 16.2. The fraction of sp³-hybridized carbons (Fsp3) is 0.600. The summed E-state index contributed by atoms with van der Waals surface area (Å²) in [6, 6.07) is 7.94. The van der Waals surface area contributed by atoms with Crippen LogP contribution in [-0.2, 0) is 17.8 Å². The quantitative estimate of drug-likeness (QED) is 0.778. The van der Waals surface area contributed by atoms with Crippen LogP contribution in [0.15, 0.2) is 24.3 Å². The molecule has 1 heterocycles. The summed E-state index contributed by atoms with van der Waals surface area (Å²) in [6.07, 6.45) is 4.07. The highest BCUT2D eigenvalue weighted by Gasteiger charge is 2.20. The SMILES string of the molecule is CC(C)(C)CCCCNC(=O)NCC(=O)N1CCc2ccccc2C1. The summed E-state index contributed by atoms with van der Waals surface area (Å²) in [5.74, 6) is -0.0302. The van der Waals surface area contributed by atoms with E-state index in [0.29, 0.717) is 25.0 Å². The first-order valence-corrected chi connectivity index (χ1v) is 9.21. The van der Waals surface area contributed by atoms with Crippen LogP contribution in [0.5, 0.6) is 0 Å². The van der Waals surface area contributed by atoms with Crippen molar-refractivity contribution in [1.82, 2.24) is 15.5 Å². The molecule has 25 heavy (non-hydrogen) atoms. The van der Waals surface area contributed by atoms with Gasteiger partial charge in [-0.05, 0) is 35.8 Å². The average molecular weight is 345 g/mol. The number of hydrogen-bond donors (Lipinski definition) is 2. The second-order valence-electron chi connectivity index (χ2n) is 7.96. The van der Waals surface area contributed by atoms with Gasteiger partial charge in [0.2, 0.25) is 5.91 Å². The van der Waals surface area contributed by atoms with Crippen LogP contribution in [0, 0.1) is 5.41 Å². The minimum absolute atomic E-state index is 0.0302. The van der Waals surface area contributed by atoms with Crippen LogP contribution in [-0.4, -0.2) is 36.5 Å². The Labute approximate surface area is 151 Å². The van der Waals surface area contributed by atoms with E-state index in [-0.39, 0.29) is 18.5 Å². The second kappa shape index (κ2) is 8.88. The third-order valence-electron chi connectivity index (χ3n) is 4.52. The zero-order chi connectivity index (χ0) is 18.3. The molecule has 3 amide bonds. The van der Waals surface area contributed by atoms with E-state index in [1.54, 1.807) is 0 Å². The van der Waals surface area contributed by atoms with E-state index in [4.69, 9.17) is 0 Å². The van der Waals surface area contributed by atoms with E-state index < -0.39 is 0 Å². The lowest BCUT2D eigenvalue weighted by Gasteiger charge is -2.29. The fourth-order valence-corrected chi connectivity index (χ4v) is 3.02. The molecule has 0 spiro atoms. The van der Waals surface area contributed by atoms with E-state index in [2.05, 4.69) is 43.5 Å². The van der Waals surface area contributed by atoms with Crippen molar-refractivity contribution in [3.05, 3.63) is 35.4 Å². The largest absolute Gasteiger partial charge is 0.338 e. The van der Waals surface area contributed by atoms with Crippen molar-refractivity contribution in [3.63, 3.8) is 0 Å². The minimum Gasteiger partial charge on any atom is -0.338 e. The summed E-state index contributed by atoms with van der Waals surface area (Å²) in [7, 11) is 0. The smallest absolute Gasteiger partial charge is 0.315 e. The molecule has 0 saturated heterocycles. The molecule has 0 aliphatic carbocycles. The van der Waals surface area contributed by atoms with Crippen LogP contribution < -0.4 is 10.6 Å². The average Bonchev–Trinajstić information content (AvgIpc) is 2.58. The van der Waals surface area contributed by atoms with Crippen LogP contribution >= 0.6 is 0 Å². The van der Waals surface area contributed by atoms with Crippen LogP contribution in [0.25, 0.3) is 0 Å². The van der Waals surface area contributed by atoms with Crippen molar-refractivity contribution in [1.29, 1.82) is 0 Å². The Hall–Kier alpha value is -2.04. The number of unbranched alkanes of at least 4 members (excludes halogenated alkanes) is 1. The highest BCUT2D eigenvalue weighted by Crippen LogP contribution is 2.21. The van der Waals surface area contributed by atoms with E-state index in [0.717, 1.165) is 25.7 Å². The molecule has 1 aromatic rings. The number of carbonyl (C=O) groups excluding carboxylic acids is 2. The van der Waals surface area contributed by atoms with Gasteiger partial charge >= 0.3 is 6.03 Å². The molecule has 2 N–H and O–H groups in total. The third-order valence-corrected chi connectivity index (χ3v) is 4.52. The summed E-state index contributed by atoms with van der Waals surface area (Å²) in [4.78, 5) is 25.9. The summed E-state index contributed by atoms with van der Waals surface area (Å²) in [6.45, 7) is 8.70. The standard InChI is InChI=1S/C20H31N3O2/c1-20(2,3)11-6-7-12-21-19(25)22-14-18(24)23-13-10-16-8-4-5-9-17(16)15-23/h4-5,8-9H,6-7,10-15H2,1-3H3,(H2,21,22,25). The zero-order valence-electron chi connectivity index (χ0n) is 15.7. The van der Waals surface area contributed by atoms with Gasteiger partial charge in [-0.3, -0.25) is 4.79 Å². The number of hydrogen-bond acceptors (Lipinski definition) is 2. The monoisotopic (exact) mass is 345 g/mol. The number of fused-ring (bicyclic) bond motifs is 1. The van der Waals surface area contributed by atoms with Crippen LogP contribution in [0.2, 0.25) is 0 Å². The first-order valence-electron chi connectivity index (χ1n) is 9.21. The summed E-state index contributed by atoms with van der Waals surface area (Å²) in [5, 5.41) is 5.49. The molecule has 0 unspecified atom stereocenters. The molecular formula is C20H31N3O2. The number of amides is 3. The molecule has 5 heteroatoms. The van der Waals surface area contributed by atoms with Crippen molar-refractivity contribution >= 4 is 11.9 Å². The Kier molecular flexibility index (Phi) is 6.85. The van der Waals surface area contributed by atoms with Gasteiger partial charge in [-0.25, -0.2) is 4.79 Å². The molecule has 138 valence electrons.